The van der Waals surface area contributed by atoms with E-state index >= 15 is 0 Å². The van der Waals surface area contributed by atoms with Crippen molar-refractivity contribution in [1.82, 2.24) is 9.88 Å². The molecule has 0 unspecified atom stereocenters. The summed E-state index contributed by atoms with van der Waals surface area (Å²) in [6.07, 6.45) is 2.58. The molecule has 128 valence electrons. The molecule has 1 fully saturated rings. The maximum atomic E-state index is 12.7. The Bertz CT molecular complexity index is 950. The Kier molecular flexibility index (Phi) is 3.87. The molecule has 1 aliphatic carbocycles. The molecule has 4 rings (SSSR count). The van der Waals surface area contributed by atoms with E-state index in [1.807, 2.05) is 25.2 Å². The van der Waals surface area contributed by atoms with Crippen molar-refractivity contribution in [2.75, 3.05) is 0 Å². The van der Waals surface area contributed by atoms with Crippen LogP contribution >= 0.6 is 0 Å². The van der Waals surface area contributed by atoms with Gasteiger partial charge in [0.15, 0.2) is 0 Å². The normalized spacial score (nSPS) is 15.3. The van der Waals surface area contributed by atoms with E-state index in [0.29, 0.717) is 5.56 Å². The van der Waals surface area contributed by atoms with Crippen LogP contribution in [0.2, 0.25) is 0 Å². The van der Waals surface area contributed by atoms with Crippen molar-refractivity contribution < 1.29 is 4.79 Å². The Morgan fingerprint density at radius 2 is 1.96 bits per heavy atom. The van der Waals surface area contributed by atoms with Crippen LogP contribution in [-0.2, 0) is 7.05 Å². The van der Waals surface area contributed by atoms with Gasteiger partial charge in [-0.05, 0) is 67.3 Å². The molecule has 0 spiro atoms. The highest BCUT2D eigenvalue weighted by atomic mass is 16.1. The third-order valence-corrected chi connectivity index (χ3v) is 5.35. The zero-order chi connectivity index (χ0) is 17.6. The van der Waals surface area contributed by atoms with Gasteiger partial charge in [-0.15, -0.1) is 0 Å². The van der Waals surface area contributed by atoms with E-state index in [9.17, 15) is 4.79 Å². The largest absolute Gasteiger partial charge is 0.348 e. The minimum Gasteiger partial charge on any atom is -0.348 e. The number of fused-ring (bicyclic) bond motifs is 1. The van der Waals surface area contributed by atoms with Gasteiger partial charge in [0.05, 0.1) is 6.04 Å². The van der Waals surface area contributed by atoms with Crippen LogP contribution in [0, 0.1) is 6.92 Å². The van der Waals surface area contributed by atoms with Gasteiger partial charge in [-0.25, -0.2) is 0 Å². The number of hydrogen-bond acceptors (Lipinski definition) is 1. The van der Waals surface area contributed by atoms with Crippen molar-refractivity contribution in [2.24, 2.45) is 7.05 Å². The molecular formula is C22H24N2O. The Hall–Kier alpha value is -2.55. The van der Waals surface area contributed by atoms with Crippen molar-refractivity contribution in [3.8, 4) is 0 Å². The van der Waals surface area contributed by atoms with Crippen molar-refractivity contribution >= 4 is 16.8 Å². The molecular weight excluding hydrogens is 308 g/mol. The van der Waals surface area contributed by atoms with Crippen LogP contribution in [0.1, 0.15) is 58.9 Å². The Morgan fingerprint density at radius 3 is 2.72 bits per heavy atom. The fourth-order valence-corrected chi connectivity index (χ4v) is 3.47. The van der Waals surface area contributed by atoms with Crippen LogP contribution in [-0.4, -0.2) is 10.5 Å². The SMILES string of the molecule is Cc1cc2ccc(C(=O)N[C@@H](C)c3cccc(C4CC4)c3)cc2n1C. The minimum absolute atomic E-state index is 0.00274. The van der Waals surface area contributed by atoms with Gasteiger partial charge in [-0.1, -0.05) is 30.3 Å². The standard InChI is InChI=1S/C22H24N2O/c1-14-11-19-9-10-20(13-21(19)24(14)3)22(25)23-15(2)17-5-4-6-18(12-17)16-7-8-16/h4-6,9-13,15-16H,7-8H2,1-3H3,(H,23,25)/t15-/m0/s1. The lowest BCUT2D eigenvalue weighted by atomic mass is 10.0. The van der Waals surface area contributed by atoms with Crippen molar-refractivity contribution in [3.63, 3.8) is 0 Å². The zero-order valence-corrected chi connectivity index (χ0v) is 15.0. The number of aromatic nitrogens is 1. The summed E-state index contributed by atoms with van der Waals surface area (Å²) < 4.78 is 2.12. The second-order valence-corrected chi connectivity index (χ2v) is 7.26. The highest BCUT2D eigenvalue weighted by molar-refractivity contribution is 5.98. The highest BCUT2D eigenvalue weighted by Crippen LogP contribution is 2.40. The smallest absolute Gasteiger partial charge is 0.251 e. The first kappa shape index (κ1) is 15.9. The lowest BCUT2D eigenvalue weighted by Gasteiger charge is -2.15. The lowest BCUT2D eigenvalue weighted by molar-refractivity contribution is 0.0940. The van der Waals surface area contributed by atoms with E-state index in [0.717, 1.165) is 11.4 Å². The van der Waals surface area contributed by atoms with E-state index in [1.54, 1.807) is 0 Å². The van der Waals surface area contributed by atoms with Gasteiger partial charge in [-0.2, -0.15) is 0 Å². The number of rotatable bonds is 4. The second kappa shape index (κ2) is 6.07. The van der Waals surface area contributed by atoms with Gasteiger partial charge < -0.3 is 9.88 Å². The summed E-state index contributed by atoms with van der Waals surface area (Å²) in [4.78, 5) is 12.7. The summed E-state index contributed by atoms with van der Waals surface area (Å²) in [5.74, 6) is 0.705. The molecule has 3 nitrogen and oxygen atoms in total. The van der Waals surface area contributed by atoms with Crippen LogP contribution in [0.25, 0.3) is 10.9 Å². The first-order valence-electron chi connectivity index (χ1n) is 9.00. The number of nitrogens with zero attached hydrogens (tertiary/aromatic N) is 1. The molecule has 1 heterocycles. The first-order chi connectivity index (χ1) is 12.0. The molecule has 1 amide bonds. The number of carbonyl (C=O) groups is 1. The van der Waals surface area contributed by atoms with Crippen LogP contribution in [0.15, 0.2) is 48.5 Å². The molecule has 1 atom stereocenters. The number of benzene rings is 2. The molecule has 1 aliphatic rings. The fraction of sp³-hybridized carbons (Fsp3) is 0.318. The van der Waals surface area contributed by atoms with E-state index in [-0.39, 0.29) is 11.9 Å². The number of nitrogens with one attached hydrogen (secondary N) is 1. The molecule has 1 aromatic heterocycles. The van der Waals surface area contributed by atoms with Gasteiger partial charge in [0.2, 0.25) is 0 Å². The molecule has 3 aromatic rings. The van der Waals surface area contributed by atoms with Gasteiger partial charge in [0.25, 0.3) is 5.91 Å². The predicted octanol–water partition coefficient (Wildman–Crippen LogP) is 4.86. The molecule has 25 heavy (non-hydrogen) atoms. The van der Waals surface area contributed by atoms with Crippen LogP contribution < -0.4 is 5.32 Å². The number of carbonyl (C=O) groups excluding carboxylic acids is 1. The third kappa shape index (κ3) is 3.07. The lowest BCUT2D eigenvalue weighted by Crippen LogP contribution is -2.26. The van der Waals surface area contributed by atoms with Gasteiger partial charge >= 0.3 is 0 Å². The number of aryl methyl sites for hydroxylation is 2. The van der Waals surface area contributed by atoms with E-state index in [1.165, 1.54) is 35.0 Å². The van der Waals surface area contributed by atoms with E-state index in [2.05, 4.69) is 54.1 Å². The van der Waals surface area contributed by atoms with Crippen LogP contribution in [0.3, 0.4) is 0 Å². The maximum Gasteiger partial charge on any atom is 0.251 e. The molecule has 0 saturated heterocycles. The van der Waals surface area contributed by atoms with Crippen LogP contribution in [0.5, 0.6) is 0 Å². The number of amides is 1. The summed E-state index contributed by atoms with van der Waals surface area (Å²) in [7, 11) is 2.03. The molecule has 1 N–H and O–H groups in total. The Morgan fingerprint density at radius 1 is 1.16 bits per heavy atom. The van der Waals surface area contributed by atoms with Gasteiger partial charge in [-0.3, -0.25) is 4.79 Å². The summed E-state index contributed by atoms with van der Waals surface area (Å²) in [6.45, 7) is 4.13. The zero-order valence-electron chi connectivity index (χ0n) is 15.0. The summed E-state index contributed by atoms with van der Waals surface area (Å²) in [5, 5.41) is 4.31. The number of hydrogen-bond donors (Lipinski definition) is 1. The van der Waals surface area contributed by atoms with Gasteiger partial charge in [0.1, 0.15) is 0 Å². The Balaban J connectivity index is 1.54. The van der Waals surface area contributed by atoms with E-state index < -0.39 is 0 Å². The fourth-order valence-electron chi connectivity index (χ4n) is 3.47. The molecule has 0 bridgehead atoms. The van der Waals surface area contributed by atoms with Crippen molar-refractivity contribution in [3.05, 3.63) is 70.9 Å². The topological polar surface area (TPSA) is 34.0 Å². The van der Waals surface area contributed by atoms with E-state index in [4.69, 9.17) is 0 Å². The quantitative estimate of drug-likeness (QED) is 0.728. The molecule has 0 aliphatic heterocycles. The Labute approximate surface area is 148 Å². The predicted molar refractivity (Wildman–Crippen MR) is 102 cm³/mol. The minimum atomic E-state index is -0.0231. The maximum absolute atomic E-state index is 12.7. The molecule has 2 aromatic carbocycles. The third-order valence-electron chi connectivity index (χ3n) is 5.35. The average Bonchev–Trinajstić information content (AvgIpc) is 3.42. The van der Waals surface area contributed by atoms with Crippen molar-refractivity contribution in [2.45, 2.75) is 38.6 Å². The second-order valence-electron chi connectivity index (χ2n) is 7.26. The first-order valence-corrected chi connectivity index (χ1v) is 9.00. The van der Waals surface area contributed by atoms with Gasteiger partial charge in [0, 0.05) is 23.8 Å². The summed E-state index contributed by atoms with van der Waals surface area (Å²) in [5.41, 5.74) is 5.57. The summed E-state index contributed by atoms with van der Waals surface area (Å²) >= 11 is 0. The average molecular weight is 332 g/mol. The van der Waals surface area contributed by atoms with Crippen LogP contribution in [0.4, 0.5) is 0 Å². The monoisotopic (exact) mass is 332 g/mol. The summed E-state index contributed by atoms with van der Waals surface area (Å²) in [6, 6.07) is 16.7. The molecule has 0 radical (unpaired) electrons. The van der Waals surface area contributed by atoms with Crippen molar-refractivity contribution in [1.29, 1.82) is 0 Å². The molecule has 1 saturated carbocycles. The highest BCUT2D eigenvalue weighted by Gasteiger charge is 2.24. The molecule has 3 heteroatoms.